The van der Waals surface area contributed by atoms with Crippen LogP contribution in [0.15, 0.2) is 59.7 Å². The number of anilines is 2. The lowest BCUT2D eigenvalue weighted by molar-refractivity contribution is -0.121. The topological polar surface area (TPSA) is 74.8 Å². The van der Waals surface area contributed by atoms with Crippen molar-refractivity contribution in [2.24, 2.45) is 0 Å². The molecule has 0 saturated carbocycles. The second-order valence-corrected chi connectivity index (χ2v) is 6.30. The molecule has 2 aliphatic rings. The Morgan fingerprint density at radius 1 is 0.731 bits per heavy atom. The van der Waals surface area contributed by atoms with Gasteiger partial charge in [-0.05, 0) is 31.4 Å². The molecule has 0 radical (unpaired) electrons. The van der Waals surface area contributed by atoms with Gasteiger partial charge in [-0.1, -0.05) is 24.3 Å². The van der Waals surface area contributed by atoms with Gasteiger partial charge in [0.2, 0.25) is 0 Å². The Bertz CT molecular complexity index is 1090. The zero-order valence-electron chi connectivity index (χ0n) is 14.1. The Balaban J connectivity index is 1.94. The Kier molecular flexibility index (Phi) is 3.37. The molecule has 0 spiro atoms. The largest absolute Gasteiger partial charge is 0.269 e. The van der Waals surface area contributed by atoms with Crippen molar-refractivity contribution in [3.05, 3.63) is 59.7 Å². The van der Waals surface area contributed by atoms with E-state index in [1.807, 2.05) is 6.07 Å². The Hall–Kier alpha value is -3.54. The van der Waals surface area contributed by atoms with Gasteiger partial charge >= 0.3 is 0 Å². The maximum absolute atomic E-state index is 12.5. The lowest BCUT2D eigenvalue weighted by atomic mass is 10.1. The number of hydrogen-bond acceptors (Lipinski definition) is 4. The van der Waals surface area contributed by atoms with Gasteiger partial charge in [0, 0.05) is 28.7 Å². The van der Waals surface area contributed by atoms with Crippen LogP contribution in [0.3, 0.4) is 0 Å². The summed E-state index contributed by atoms with van der Waals surface area (Å²) in [6.45, 7) is 3.15. The van der Waals surface area contributed by atoms with E-state index in [1.165, 1.54) is 18.2 Å². The first-order valence-electron chi connectivity index (χ1n) is 8.04. The highest BCUT2D eigenvalue weighted by atomic mass is 16.2. The molecule has 2 aliphatic heterocycles. The fourth-order valence-electron chi connectivity index (χ4n) is 3.24. The van der Waals surface area contributed by atoms with Gasteiger partial charge in [-0.25, -0.2) is 9.80 Å². The first-order chi connectivity index (χ1) is 12.4. The molecule has 0 unspecified atom stereocenters. The number of nitrogens with zero attached hydrogens (tertiary/aromatic N) is 2. The maximum Gasteiger partial charge on any atom is 0.261 e. The summed E-state index contributed by atoms with van der Waals surface area (Å²) in [6.07, 6.45) is 2.55. The first kappa shape index (κ1) is 16.0. The Labute approximate surface area is 149 Å². The summed E-state index contributed by atoms with van der Waals surface area (Å²) in [5, 5.41) is 1.40. The van der Waals surface area contributed by atoms with E-state index in [4.69, 9.17) is 0 Å². The molecule has 0 N–H and O–H groups in total. The molecule has 0 atom stereocenters. The summed E-state index contributed by atoms with van der Waals surface area (Å²) in [4.78, 5) is 51.5. The van der Waals surface area contributed by atoms with Crippen molar-refractivity contribution in [3.8, 4) is 0 Å². The van der Waals surface area contributed by atoms with Crippen molar-refractivity contribution >= 4 is 45.8 Å². The molecule has 0 bridgehead atoms. The van der Waals surface area contributed by atoms with Crippen LogP contribution in [0.5, 0.6) is 0 Å². The van der Waals surface area contributed by atoms with Gasteiger partial charge in [-0.15, -0.1) is 0 Å². The number of imide groups is 2. The quantitative estimate of drug-likeness (QED) is 0.783. The summed E-state index contributed by atoms with van der Waals surface area (Å²) in [6, 6.07) is 10.4. The van der Waals surface area contributed by atoms with Crippen LogP contribution < -0.4 is 9.80 Å². The Morgan fingerprint density at radius 2 is 1.31 bits per heavy atom. The summed E-state index contributed by atoms with van der Waals surface area (Å²) in [5.74, 6) is -1.71. The van der Waals surface area contributed by atoms with Gasteiger partial charge in [0.25, 0.3) is 23.6 Å². The molecule has 2 aromatic rings. The van der Waals surface area contributed by atoms with E-state index in [1.54, 1.807) is 38.1 Å². The monoisotopic (exact) mass is 346 g/mol. The van der Waals surface area contributed by atoms with E-state index in [0.29, 0.717) is 27.9 Å². The van der Waals surface area contributed by atoms with E-state index in [9.17, 15) is 19.2 Å². The number of rotatable bonds is 2. The van der Waals surface area contributed by atoms with E-state index in [-0.39, 0.29) is 0 Å². The van der Waals surface area contributed by atoms with Crippen molar-refractivity contribution in [3.63, 3.8) is 0 Å². The predicted octanol–water partition coefficient (Wildman–Crippen LogP) is 2.48. The molecule has 6 heteroatoms. The third kappa shape index (κ3) is 2.19. The lowest BCUT2D eigenvalue weighted by Crippen LogP contribution is -2.33. The number of benzene rings is 2. The fraction of sp³-hybridized carbons (Fsp3) is 0.100. The first-order valence-corrected chi connectivity index (χ1v) is 8.04. The highest BCUT2D eigenvalue weighted by Gasteiger charge is 2.34. The summed E-state index contributed by atoms with van der Waals surface area (Å²) in [5.41, 5.74) is 1.36. The molecule has 0 saturated heterocycles. The van der Waals surface area contributed by atoms with Crippen molar-refractivity contribution < 1.29 is 19.2 Å². The number of hydrogen-bond donors (Lipinski definition) is 0. The van der Waals surface area contributed by atoms with Crippen LogP contribution in [-0.2, 0) is 19.2 Å². The average Bonchev–Trinajstić information content (AvgIpc) is 3.01. The molecule has 26 heavy (non-hydrogen) atoms. The number of amides is 4. The van der Waals surface area contributed by atoms with Crippen LogP contribution in [0.4, 0.5) is 11.4 Å². The highest BCUT2D eigenvalue weighted by molar-refractivity contribution is 6.34. The van der Waals surface area contributed by atoms with Crippen LogP contribution in [0, 0.1) is 0 Å². The van der Waals surface area contributed by atoms with Gasteiger partial charge in [-0.3, -0.25) is 19.2 Å². The van der Waals surface area contributed by atoms with Crippen molar-refractivity contribution in [2.45, 2.75) is 13.8 Å². The predicted molar refractivity (Wildman–Crippen MR) is 96.4 cm³/mol. The van der Waals surface area contributed by atoms with Gasteiger partial charge in [0.05, 0.1) is 11.4 Å². The minimum Gasteiger partial charge on any atom is -0.269 e. The van der Waals surface area contributed by atoms with E-state index < -0.39 is 23.6 Å². The summed E-state index contributed by atoms with van der Waals surface area (Å²) >= 11 is 0. The third-order valence-corrected chi connectivity index (χ3v) is 4.53. The molecule has 4 rings (SSSR count). The normalized spacial score (nSPS) is 17.5. The zero-order valence-corrected chi connectivity index (χ0v) is 14.1. The molecule has 2 heterocycles. The van der Waals surface area contributed by atoms with Crippen molar-refractivity contribution in [2.75, 3.05) is 9.80 Å². The van der Waals surface area contributed by atoms with E-state index >= 15 is 0 Å². The number of carbonyl (C=O) groups excluding carboxylic acids is 4. The lowest BCUT2D eigenvalue weighted by Gasteiger charge is -2.21. The standard InChI is InChI=1S/C20H14N2O4/c1-11-7-17(23)21(19(11)25)14-9-13-5-3-4-6-15(13)16(10-14)22-18(24)8-12(2)20(22)26/h3-10H,1-2H3. The maximum atomic E-state index is 12.5. The Morgan fingerprint density at radius 3 is 1.88 bits per heavy atom. The minimum absolute atomic E-state index is 0.326. The smallest absolute Gasteiger partial charge is 0.261 e. The zero-order chi connectivity index (χ0) is 18.6. The molecule has 0 aliphatic carbocycles. The molecule has 0 aromatic heterocycles. The van der Waals surface area contributed by atoms with Gasteiger partial charge in [-0.2, -0.15) is 0 Å². The van der Waals surface area contributed by atoms with Gasteiger partial charge in [0.15, 0.2) is 0 Å². The minimum atomic E-state index is -0.442. The van der Waals surface area contributed by atoms with Gasteiger partial charge < -0.3 is 0 Å². The molecule has 4 amide bonds. The van der Waals surface area contributed by atoms with E-state index in [2.05, 4.69) is 0 Å². The molecule has 128 valence electrons. The molecule has 2 aromatic carbocycles. The molecule has 6 nitrogen and oxygen atoms in total. The fourth-order valence-corrected chi connectivity index (χ4v) is 3.24. The molecular weight excluding hydrogens is 332 g/mol. The van der Waals surface area contributed by atoms with Crippen LogP contribution in [0.1, 0.15) is 13.8 Å². The van der Waals surface area contributed by atoms with Crippen LogP contribution >= 0.6 is 0 Å². The number of fused-ring (bicyclic) bond motifs is 1. The van der Waals surface area contributed by atoms with Crippen LogP contribution in [-0.4, -0.2) is 23.6 Å². The van der Waals surface area contributed by atoms with Gasteiger partial charge in [0.1, 0.15) is 0 Å². The summed E-state index contributed by atoms with van der Waals surface area (Å²) < 4.78 is 0. The van der Waals surface area contributed by atoms with Crippen LogP contribution in [0.25, 0.3) is 10.8 Å². The molecular formula is C20H14N2O4. The number of carbonyl (C=O) groups is 4. The SMILES string of the molecule is CC1=CC(=O)N(c2cc(N3C(=O)C=C(C)C3=O)c3ccccc3c2)C1=O. The van der Waals surface area contributed by atoms with Crippen LogP contribution in [0.2, 0.25) is 0 Å². The third-order valence-electron chi connectivity index (χ3n) is 4.53. The second kappa shape index (κ2) is 5.49. The van der Waals surface area contributed by atoms with E-state index in [0.717, 1.165) is 15.2 Å². The average molecular weight is 346 g/mol. The molecule has 0 fully saturated rings. The van der Waals surface area contributed by atoms with Crippen molar-refractivity contribution in [1.29, 1.82) is 0 Å². The second-order valence-electron chi connectivity index (χ2n) is 6.30. The highest BCUT2D eigenvalue weighted by Crippen LogP contribution is 2.36. The van der Waals surface area contributed by atoms with Crippen molar-refractivity contribution in [1.82, 2.24) is 0 Å². The summed E-state index contributed by atoms with van der Waals surface area (Å²) in [7, 11) is 0.